The van der Waals surface area contributed by atoms with Crippen LogP contribution >= 0.6 is 23.5 Å². The van der Waals surface area contributed by atoms with Crippen molar-refractivity contribution in [2.45, 2.75) is 19.6 Å². The Morgan fingerprint density at radius 2 is 0.700 bits per heavy atom. The Morgan fingerprint density at radius 3 is 1.10 bits per heavy atom. The van der Waals surface area contributed by atoms with Gasteiger partial charge < -0.3 is 19.3 Å². The average molecular weight is 813 g/mol. The van der Waals surface area contributed by atoms with E-state index < -0.39 is 0 Å². The van der Waals surface area contributed by atoms with E-state index in [9.17, 15) is 0 Å². The summed E-state index contributed by atoms with van der Waals surface area (Å²) in [6, 6.07) is 64.7. The van der Waals surface area contributed by atoms with Crippen LogP contribution in [0.3, 0.4) is 0 Å². The SMILES string of the molecule is COc1ccc(N2c3ccccc3Sc3cc(/C=C/c4ccc(-c5ccc(/C=C/c6ccc7c(c6)Sc6ccccc6N7c6ccc(OC)cc6)cc5)cc4)ccc32)cc1. The predicted octanol–water partition coefficient (Wildman–Crippen LogP) is 15.6. The van der Waals surface area contributed by atoms with Crippen molar-refractivity contribution in [1.82, 2.24) is 0 Å². The van der Waals surface area contributed by atoms with Crippen LogP contribution in [0.5, 0.6) is 11.5 Å². The van der Waals surface area contributed by atoms with E-state index in [1.54, 1.807) is 14.2 Å². The van der Waals surface area contributed by atoms with Gasteiger partial charge in [-0.3, -0.25) is 0 Å². The summed E-state index contributed by atoms with van der Waals surface area (Å²) in [5.74, 6) is 1.70. The summed E-state index contributed by atoms with van der Waals surface area (Å²) < 4.78 is 10.9. The molecule has 2 aliphatic heterocycles. The molecular weight excluding hydrogens is 773 g/mol. The molecular formula is C54H40N2O2S2. The normalized spacial score (nSPS) is 12.8. The molecule has 0 saturated heterocycles. The third kappa shape index (κ3) is 7.48. The maximum Gasteiger partial charge on any atom is 0.119 e. The number of ether oxygens (including phenoxy) is 2. The van der Waals surface area contributed by atoms with Gasteiger partial charge in [0.1, 0.15) is 11.5 Å². The van der Waals surface area contributed by atoms with E-state index in [1.165, 1.54) is 53.5 Å². The zero-order chi connectivity index (χ0) is 40.4. The molecule has 0 saturated carbocycles. The lowest BCUT2D eigenvalue weighted by atomic mass is 10.0. The van der Waals surface area contributed by atoms with Crippen LogP contribution in [0.25, 0.3) is 35.4 Å². The zero-order valence-electron chi connectivity index (χ0n) is 33.2. The van der Waals surface area contributed by atoms with Crippen molar-refractivity contribution in [2.75, 3.05) is 24.0 Å². The van der Waals surface area contributed by atoms with Crippen molar-refractivity contribution in [3.63, 3.8) is 0 Å². The van der Waals surface area contributed by atoms with E-state index in [4.69, 9.17) is 9.47 Å². The lowest BCUT2D eigenvalue weighted by Crippen LogP contribution is -2.14. The Balaban J connectivity index is 0.821. The third-order valence-electron chi connectivity index (χ3n) is 10.9. The molecule has 0 N–H and O–H groups in total. The number of nitrogens with zero attached hydrogens (tertiary/aromatic N) is 2. The van der Waals surface area contributed by atoms with Crippen LogP contribution in [0.2, 0.25) is 0 Å². The zero-order valence-corrected chi connectivity index (χ0v) is 34.8. The second-order valence-corrected chi connectivity index (χ2v) is 16.7. The number of hydrogen-bond donors (Lipinski definition) is 0. The summed E-state index contributed by atoms with van der Waals surface area (Å²) in [7, 11) is 3.40. The van der Waals surface area contributed by atoms with E-state index in [-0.39, 0.29) is 0 Å². The van der Waals surface area contributed by atoms with Gasteiger partial charge in [0.25, 0.3) is 0 Å². The first kappa shape index (κ1) is 37.4. The molecule has 6 heteroatoms. The molecule has 290 valence electrons. The monoisotopic (exact) mass is 812 g/mol. The third-order valence-corrected chi connectivity index (χ3v) is 13.1. The number of rotatable bonds is 9. The van der Waals surface area contributed by atoms with Crippen molar-refractivity contribution in [3.8, 4) is 22.6 Å². The van der Waals surface area contributed by atoms with Crippen LogP contribution in [0.15, 0.2) is 202 Å². The van der Waals surface area contributed by atoms with E-state index in [0.29, 0.717) is 0 Å². The molecule has 0 amide bonds. The molecule has 0 radical (unpaired) electrons. The fraction of sp³-hybridized carbons (Fsp3) is 0.0370. The van der Waals surface area contributed by atoms with Gasteiger partial charge >= 0.3 is 0 Å². The molecule has 4 nitrogen and oxygen atoms in total. The lowest BCUT2D eigenvalue weighted by Gasteiger charge is -2.33. The fourth-order valence-electron chi connectivity index (χ4n) is 7.73. The highest BCUT2D eigenvalue weighted by molar-refractivity contribution is 8.00. The first-order valence-corrected chi connectivity index (χ1v) is 21.5. The summed E-state index contributed by atoms with van der Waals surface area (Å²) >= 11 is 3.64. The van der Waals surface area contributed by atoms with Gasteiger partial charge in [-0.2, -0.15) is 0 Å². The summed E-state index contributed by atoms with van der Waals surface area (Å²) in [5.41, 5.74) is 14.0. The van der Waals surface area contributed by atoms with Crippen molar-refractivity contribution in [1.29, 1.82) is 0 Å². The minimum Gasteiger partial charge on any atom is -0.497 e. The molecule has 2 heterocycles. The van der Waals surface area contributed by atoms with E-state index in [2.05, 4.69) is 192 Å². The standard InChI is InChI=1S/C54H40N2O2S2/c1-57-45-29-25-43(26-30-45)55-47-7-3-5-9-51(47)59-53-35-39(19-33-49(53)55)13-11-37-15-21-41(22-16-37)42-23-17-38(18-24-42)12-14-40-20-34-50-54(36-40)60-52-10-6-4-8-48(52)56(50)44-27-31-46(58-2)32-28-44/h3-36H,1-2H3/b13-11+,14-12+. The quantitative estimate of drug-likeness (QED) is 0.135. The van der Waals surface area contributed by atoms with Gasteiger partial charge in [-0.25, -0.2) is 0 Å². The maximum atomic E-state index is 5.43. The first-order valence-electron chi connectivity index (χ1n) is 19.9. The summed E-state index contributed by atoms with van der Waals surface area (Å²) in [5, 5.41) is 0. The van der Waals surface area contributed by atoms with Crippen molar-refractivity contribution < 1.29 is 9.47 Å². The molecule has 0 aliphatic carbocycles. The Kier molecular flexibility index (Phi) is 10.2. The van der Waals surface area contributed by atoms with Gasteiger partial charge in [0.15, 0.2) is 0 Å². The van der Waals surface area contributed by atoms with E-state index in [0.717, 1.165) is 45.1 Å². The molecule has 0 unspecified atom stereocenters. The highest BCUT2D eigenvalue weighted by Crippen LogP contribution is 2.53. The summed E-state index contributed by atoms with van der Waals surface area (Å²) in [4.78, 5) is 9.60. The number of benzene rings is 8. The molecule has 60 heavy (non-hydrogen) atoms. The predicted molar refractivity (Wildman–Crippen MR) is 253 cm³/mol. The number of para-hydroxylation sites is 2. The maximum absolute atomic E-state index is 5.43. The van der Waals surface area contributed by atoms with Crippen molar-refractivity contribution in [2.24, 2.45) is 0 Å². The molecule has 0 aromatic heterocycles. The van der Waals surface area contributed by atoms with Crippen LogP contribution in [0, 0.1) is 0 Å². The number of anilines is 6. The van der Waals surface area contributed by atoms with Crippen LogP contribution < -0.4 is 19.3 Å². The van der Waals surface area contributed by atoms with Gasteiger partial charge in [0.2, 0.25) is 0 Å². The molecule has 10 rings (SSSR count). The molecule has 8 aromatic carbocycles. The van der Waals surface area contributed by atoms with Crippen LogP contribution in [-0.4, -0.2) is 14.2 Å². The fourth-order valence-corrected chi connectivity index (χ4v) is 9.94. The minimum atomic E-state index is 0.848. The van der Waals surface area contributed by atoms with Crippen LogP contribution in [0.4, 0.5) is 34.1 Å². The van der Waals surface area contributed by atoms with Crippen molar-refractivity contribution >= 4 is 82.0 Å². The van der Waals surface area contributed by atoms with Crippen molar-refractivity contribution in [3.05, 3.63) is 204 Å². The molecule has 0 atom stereocenters. The van der Waals surface area contributed by atoms with E-state index in [1.807, 2.05) is 47.8 Å². The van der Waals surface area contributed by atoms with Gasteiger partial charge in [0.05, 0.1) is 37.0 Å². The van der Waals surface area contributed by atoms with Gasteiger partial charge in [-0.1, -0.05) is 133 Å². The molecule has 8 aromatic rings. The average Bonchev–Trinajstić information content (AvgIpc) is 3.31. The van der Waals surface area contributed by atoms with E-state index >= 15 is 0 Å². The minimum absolute atomic E-state index is 0.848. The Hall–Kier alpha value is -6.86. The van der Waals surface area contributed by atoms with Gasteiger partial charge in [0, 0.05) is 31.0 Å². The Morgan fingerprint density at radius 1 is 0.350 bits per heavy atom. The first-order chi connectivity index (χ1) is 29.6. The second kappa shape index (κ2) is 16.4. The highest BCUT2D eigenvalue weighted by atomic mass is 32.2. The number of fused-ring (bicyclic) bond motifs is 4. The van der Waals surface area contributed by atoms with Crippen LogP contribution in [0.1, 0.15) is 22.3 Å². The molecule has 0 bridgehead atoms. The Labute approximate surface area is 360 Å². The molecule has 2 aliphatic rings. The summed E-state index contributed by atoms with van der Waals surface area (Å²) in [6.07, 6.45) is 8.78. The molecule has 0 fully saturated rings. The smallest absolute Gasteiger partial charge is 0.119 e. The number of hydrogen-bond acceptors (Lipinski definition) is 6. The second-order valence-electron chi connectivity index (χ2n) is 14.6. The topological polar surface area (TPSA) is 24.9 Å². The lowest BCUT2D eigenvalue weighted by molar-refractivity contribution is 0.414. The Bertz CT molecular complexity index is 2690. The van der Waals surface area contributed by atoms with Gasteiger partial charge in [-0.05, 0) is 130 Å². The summed E-state index contributed by atoms with van der Waals surface area (Å²) in [6.45, 7) is 0. The van der Waals surface area contributed by atoms with Gasteiger partial charge in [-0.15, -0.1) is 0 Å². The largest absolute Gasteiger partial charge is 0.497 e. The van der Waals surface area contributed by atoms with Crippen LogP contribution in [-0.2, 0) is 0 Å². The number of methoxy groups -OCH3 is 2. The highest BCUT2D eigenvalue weighted by Gasteiger charge is 2.26. The molecule has 0 spiro atoms.